The van der Waals surface area contributed by atoms with Gasteiger partial charge in [-0.05, 0) is 17.7 Å². The Morgan fingerprint density at radius 2 is 1.45 bits per heavy atom. The van der Waals surface area contributed by atoms with Crippen molar-refractivity contribution in [2.75, 3.05) is 0 Å². The van der Waals surface area contributed by atoms with E-state index in [1.54, 1.807) is 0 Å². The van der Waals surface area contributed by atoms with Crippen LogP contribution in [0.3, 0.4) is 0 Å². The summed E-state index contributed by atoms with van der Waals surface area (Å²) in [4.78, 5) is 21.1. The van der Waals surface area contributed by atoms with E-state index in [0.717, 1.165) is 0 Å². The Morgan fingerprint density at radius 1 is 1.05 bits per heavy atom. The number of benzene rings is 1. The van der Waals surface area contributed by atoms with Gasteiger partial charge in [0.2, 0.25) is 0 Å². The summed E-state index contributed by atoms with van der Waals surface area (Å²) in [5.41, 5.74) is -1.98. The Balaban J connectivity index is 3.72. The van der Waals surface area contributed by atoms with Gasteiger partial charge in [0.1, 0.15) is 0 Å². The Kier molecular flexibility index (Phi) is 4.45. The normalized spacial score (nSPS) is 11.6. The van der Waals surface area contributed by atoms with E-state index < -0.39 is 56.4 Å². The first-order valence-electron chi connectivity index (χ1n) is 5.01. The van der Waals surface area contributed by atoms with Crippen molar-refractivity contribution < 1.29 is 43.0 Å². The molecule has 20 heavy (non-hydrogen) atoms. The van der Waals surface area contributed by atoms with Crippen LogP contribution >= 0.6 is 0 Å². The van der Waals surface area contributed by atoms with Crippen LogP contribution in [0.4, 0.5) is 0 Å². The van der Waals surface area contributed by atoms with Crippen LogP contribution in [0.15, 0.2) is 17.0 Å². The second-order valence-corrected chi connectivity index (χ2v) is 5.19. The Bertz CT molecular complexity index is 624. The summed E-state index contributed by atoms with van der Waals surface area (Å²) >= 11 is 0. The maximum absolute atomic E-state index is 11.0. The Hall–Kier alpha value is -2.01. The van der Waals surface area contributed by atoms with Gasteiger partial charge in [-0.15, -0.1) is 0 Å². The molecule has 0 saturated carbocycles. The zero-order valence-electron chi connectivity index (χ0n) is 9.72. The van der Waals surface area contributed by atoms with Crippen LogP contribution in [0.5, 0.6) is 0 Å². The van der Waals surface area contributed by atoms with Gasteiger partial charge in [0.25, 0.3) is 10.1 Å². The third-order valence-electron chi connectivity index (χ3n) is 2.37. The fourth-order valence-corrected chi connectivity index (χ4v) is 2.11. The van der Waals surface area contributed by atoms with Crippen LogP contribution in [-0.2, 0) is 16.5 Å². The molecular formula is C10H10O9S. The molecule has 9 nitrogen and oxygen atoms in total. The molecular weight excluding hydrogens is 296 g/mol. The number of rotatable bonds is 5. The van der Waals surface area contributed by atoms with Gasteiger partial charge < -0.3 is 20.4 Å². The summed E-state index contributed by atoms with van der Waals surface area (Å²) in [5, 5.41) is 35.6. The molecule has 0 amide bonds. The molecule has 0 bridgehead atoms. The van der Waals surface area contributed by atoms with E-state index in [4.69, 9.17) is 25.0 Å². The smallest absolute Gasteiger partial charge is 0.336 e. The van der Waals surface area contributed by atoms with Crippen molar-refractivity contribution in [2.24, 2.45) is 0 Å². The van der Waals surface area contributed by atoms with E-state index in [9.17, 15) is 18.0 Å². The molecule has 1 aromatic carbocycles. The van der Waals surface area contributed by atoms with Gasteiger partial charge in [-0.1, -0.05) is 0 Å². The molecule has 0 aromatic heterocycles. The molecule has 0 aliphatic rings. The number of aromatic carboxylic acids is 2. The van der Waals surface area contributed by atoms with Gasteiger partial charge in [0.15, 0.2) is 6.29 Å². The third-order valence-corrected chi connectivity index (χ3v) is 3.20. The van der Waals surface area contributed by atoms with Crippen molar-refractivity contribution in [2.45, 2.75) is 17.6 Å². The molecule has 0 aliphatic carbocycles. The lowest BCUT2D eigenvalue weighted by atomic mass is 9.98. The molecule has 10 heteroatoms. The summed E-state index contributed by atoms with van der Waals surface area (Å²) in [6.45, 7) is 0. The van der Waals surface area contributed by atoms with Crippen LogP contribution < -0.4 is 0 Å². The van der Waals surface area contributed by atoms with Crippen molar-refractivity contribution in [3.05, 3.63) is 28.8 Å². The molecule has 5 N–H and O–H groups in total. The lowest BCUT2D eigenvalue weighted by molar-refractivity contribution is -0.0383. The highest BCUT2D eigenvalue weighted by Gasteiger charge is 2.25. The summed E-state index contributed by atoms with van der Waals surface area (Å²) in [6.07, 6.45) is -2.75. The number of carboxylic acid groups (broad SMARTS) is 2. The number of carboxylic acids is 2. The molecule has 1 rings (SSSR count). The van der Waals surface area contributed by atoms with Gasteiger partial charge in [0, 0.05) is 6.42 Å². The minimum Gasteiger partial charge on any atom is -0.478 e. The number of carbonyl (C=O) groups is 2. The lowest BCUT2D eigenvalue weighted by Gasteiger charge is -2.12. The molecule has 0 unspecified atom stereocenters. The predicted molar refractivity (Wildman–Crippen MR) is 62.1 cm³/mol. The van der Waals surface area contributed by atoms with Gasteiger partial charge in [-0.3, -0.25) is 4.55 Å². The highest BCUT2D eigenvalue weighted by Crippen LogP contribution is 2.23. The van der Waals surface area contributed by atoms with Crippen LogP contribution in [0.1, 0.15) is 26.3 Å². The van der Waals surface area contributed by atoms with Crippen molar-refractivity contribution in [1.29, 1.82) is 0 Å². The summed E-state index contributed by atoms with van der Waals surface area (Å²) < 4.78 is 30.8. The van der Waals surface area contributed by atoms with Crippen LogP contribution in [-0.4, -0.2) is 51.6 Å². The second kappa shape index (κ2) is 5.54. The average Bonchev–Trinajstić information content (AvgIpc) is 2.25. The van der Waals surface area contributed by atoms with E-state index in [-0.39, 0.29) is 0 Å². The zero-order valence-corrected chi connectivity index (χ0v) is 10.5. The fraction of sp³-hybridized carbons (Fsp3) is 0.200. The maximum Gasteiger partial charge on any atom is 0.336 e. The molecule has 0 radical (unpaired) electrons. The molecule has 0 atom stereocenters. The van der Waals surface area contributed by atoms with E-state index in [0.29, 0.717) is 12.1 Å². The molecule has 0 heterocycles. The minimum atomic E-state index is -4.81. The number of hydrogen-bond acceptors (Lipinski definition) is 6. The average molecular weight is 306 g/mol. The lowest BCUT2D eigenvalue weighted by Crippen LogP contribution is -2.18. The summed E-state index contributed by atoms with van der Waals surface area (Å²) in [5.74, 6) is -3.35. The monoisotopic (exact) mass is 306 g/mol. The molecule has 0 aliphatic heterocycles. The Morgan fingerprint density at radius 3 is 1.70 bits per heavy atom. The van der Waals surface area contributed by atoms with E-state index in [1.165, 1.54) is 0 Å². The number of aliphatic hydroxyl groups is 2. The van der Waals surface area contributed by atoms with Crippen molar-refractivity contribution in [3.63, 3.8) is 0 Å². The van der Waals surface area contributed by atoms with Gasteiger partial charge in [0.05, 0.1) is 16.0 Å². The first-order valence-corrected chi connectivity index (χ1v) is 6.45. The van der Waals surface area contributed by atoms with Crippen molar-refractivity contribution in [1.82, 2.24) is 0 Å². The van der Waals surface area contributed by atoms with E-state index in [2.05, 4.69) is 0 Å². The largest absolute Gasteiger partial charge is 0.478 e. The predicted octanol–water partition coefficient (Wildman–Crippen LogP) is -0.817. The number of hydrogen-bond donors (Lipinski definition) is 5. The van der Waals surface area contributed by atoms with Gasteiger partial charge >= 0.3 is 11.9 Å². The molecule has 0 saturated heterocycles. The third kappa shape index (κ3) is 3.51. The Labute approximate surface area is 112 Å². The van der Waals surface area contributed by atoms with Crippen LogP contribution in [0.25, 0.3) is 0 Å². The highest BCUT2D eigenvalue weighted by atomic mass is 32.2. The molecule has 1 aromatic rings. The van der Waals surface area contributed by atoms with Gasteiger partial charge in [-0.25, -0.2) is 9.59 Å². The standard InChI is InChI=1S/C10H10O9S/c11-8(12)3-5-6(9(13)14)1-4(20(17,18)19)2-7(5)10(15)16/h1-2,8,11-12H,3H2,(H,13,14)(H,15,16)(H,17,18,19). The fourth-order valence-electron chi connectivity index (χ4n) is 1.58. The van der Waals surface area contributed by atoms with E-state index in [1.807, 2.05) is 0 Å². The molecule has 0 fully saturated rings. The quantitative estimate of drug-likeness (QED) is 0.344. The summed E-state index contributed by atoms with van der Waals surface area (Å²) in [7, 11) is -4.81. The molecule has 110 valence electrons. The van der Waals surface area contributed by atoms with Crippen LogP contribution in [0.2, 0.25) is 0 Å². The van der Waals surface area contributed by atoms with Crippen molar-refractivity contribution >= 4 is 22.1 Å². The zero-order chi connectivity index (χ0) is 15.7. The maximum atomic E-state index is 11.0. The van der Waals surface area contributed by atoms with E-state index >= 15 is 0 Å². The van der Waals surface area contributed by atoms with Crippen molar-refractivity contribution in [3.8, 4) is 0 Å². The molecule has 0 spiro atoms. The van der Waals surface area contributed by atoms with Crippen LogP contribution in [0, 0.1) is 0 Å². The highest BCUT2D eigenvalue weighted by molar-refractivity contribution is 7.85. The number of aliphatic hydroxyl groups excluding tert-OH is 1. The van der Waals surface area contributed by atoms with Gasteiger partial charge in [-0.2, -0.15) is 8.42 Å². The second-order valence-electron chi connectivity index (χ2n) is 3.77. The SMILES string of the molecule is O=C(O)c1cc(S(=O)(=O)O)cc(C(=O)O)c1CC(O)O. The first kappa shape index (κ1) is 16.0. The minimum absolute atomic E-state index is 0.465. The first-order chi connectivity index (χ1) is 9.04. The topological polar surface area (TPSA) is 169 Å². The summed E-state index contributed by atoms with van der Waals surface area (Å²) in [6, 6.07) is 1.09.